The van der Waals surface area contributed by atoms with E-state index in [0.717, 1.165) is 0 Å². The topological polar surface area (TPSA) is 75.7 Å². The number of carbonyl (C=O) groups is 3. The number of carbonyl (C=O) groups excluding carboxylic acids is 3. The number of benzene rings is 2. The van der Waals surface area contributed by atoms with E-state index in [9.17, 15) is 18.8 Å². The van der Waals surface area contributed by atoms with Gasteiger partial charge >= 0.3 is 5.97 Å². The predicted octanol–water partition coefficient (Wildman–Crippen LogP) is 3.76. The van der Waals surface area contributed by atoms with Gasteiger partial charge < -0.3 is 15.0 Å². The fourth-order valence-electron chi connectivity index (χ4n) is 3.25. The van der Waals surface area contributed by atoms with Gasteiger partial charge in [0.15, 0.2) is 0 Å². The van der Waals surface area contributed by atoms with Crippen molar-refractivity contribution in [3.8, 4) is 0 Å². The fraction of sp³-hybridized carbons (Fsp3) is 0.286. The highest BCUT2D eigenvalue weighted by Crippen LogP contribution is 2.26. The molecule has 0 bridgehead atoms. The number of halogens is 2. The van der Waals surface area contributed by atoms with Crippen molar-refractivity contribution in [1.29, 1.82) is 0 Å². The molecule has 1 unspecified atom stereocenters. The Morgan fingerprint density at radius 1 is 1.14 bits per heavy atom. The van der Waals surface area contributed by atoms with Crippen LogP contribution in [0.15, 0.2) is 42.5 Å². The van der Waals surface area contributed by atoms with Gasteiger partial charge in [0.2, 0.25) is 5.91 Å². The van der Waals surface area contributed by atoms with Crippen molar-refractivity contribution in [1.82, 2.24) is 4.90 Å². The van der Waals surface area contributed by atoms with Gasteiger partial charge in [-0.3, -0.25) is 9.59 Å². The molecule has 8 heteroatoms. The van der Waals surface area contributed by atoms with Crippen molar-refractivity contribution in [2.75, 3.05) is 25.5 Å². The first-order valence-electron chi connectivity index (χ1n) is 9.12. The van der Waals surface area contributed by atoms with Crippen molar-refractivity contribution in [2.24, 2.45) is 5.92 Å². The Kier molecular flexibility index (Phi) is 6.49. The SMILES string of the molecule is COC(=O)c1ccc(Cl)c(NC(=O)C2CCCN(C(=O)c3ccc(F)cc3)C2)c1. The van der Waals surface area contributed by atoms with Crippen molar-refractivity contribution < 1.29 is 23.5 Å². The van der Waals surface area contributed by atoms with Crippen molar-refractivity contribution >= 4 is 35.1 Å². The quantitative estimate of drug-likeness (QED) is 0.767. The second-order valence-corrected chi connectivity index (χ2v) is 7.18. The number of rotatable bonds is 4. The molecular weight excluding hydrogens is 399 g/mol. The molecule has 0 saturated carbocycles. The first-order chi connectivity index (χ1) is 13.9. The molecule has 1 atom stereocenters. The molecule has 2 aromatic carbocycles. The third-order valence-corrected chi connectivity index (χ3v) is 5.15. The van der Waals surface area contributed by atoms with E-state index in [0.29, 0.717) is 35.7 Å². The van der Waals surface area contributed by atoms with E-state index in [-0.39, 0.29) is 23.9 Å². The zero-order chi connectivity index (χ0) is 21.0. The number of ether oxygens (including phenoxy) is 1. The van der Waals surface area contributed by atoms with Crippen molar-refractivity contribution in [3.05, 3.63) is 64.4 Å². The summed E-state index contributed by atoms with van der Waals surface area (Å²) in [6.07, 6.45) is 1.29. The highest BCUT2D eigenvalue weighted by atomic mass is 35.5. The van der Waals surface area contributed by atoms with E-state index < -0.39 is 17.7 Å². The van der Waals surface area contributed by atoms with Crippen LogP contribution in [-0.2, 0) is 9.53 Å². The number of hydrogen-bond donors (Lipinski definition) is 1. The lowest BCUT2D eigenvalue weighted by molar-refractivity contribution is -0.121. The average molecular weight is 419 g/mol. The van der Waals surface area contributed by atoms with Crippen LogP contribution in [0.3, 0.4) is 0 Å². The average Bonchev–Trinajstić information content (AvgIpc) is 2.74. The molecule has 29 heavy (non-hydrogen) atoms. The first-order valence-corrected chi connectivity index (χ1v) is 9.50. The molecule has 152 valence electrons. The number of amides is 2. The van der Waals surface area contributed by atoms with E-state index in [4.69, 9.17) is 11.6 Å². The van der Waals surface area contributed by atoms with Gasteiger partial charge in [0.25, 0.3) is 5.91 Å². The minimum absolute atomic E-state index is 0.242. The Morgan fingerprint density at radius 2 is 1.83 bits per heavy atom. The molecular formula is C21H20ClFN2O4. The van der Waals surface area contributed by atoms with Crippen LogP contribution in [0.4, 0.5) is 10.1 Å². The van der Waals surface area contributed by atoms with Gasteiger partial charge in [0.05, 0.1) is 29.3 Å². The number of piperidine rings is 1. The number of likely N-dealkylation sites (tertiary alicyclic amines) is 1. The molecule has 2 amide bonds. The minimum Gasteiger partial charge on any atom is -0.465 e. The third kappa shape index (κ3) is 4.92. The summed E-state index contributed by atoms with van der Waals surface area (Å²) in [4.78, 5) is 38.7. The predicted molar refractivity (Wildman–Crippen MR) is 106 cm³/mol. The third-order valence-electron chi connectivity index (χ3n) is 4.82. The van der Waals surface area contributed by atoms with Gasteiger partial charge in [-0.25, -0.2) is 9.18 Å². The number of methoxy groups -OCH3 is 1. The zero-order valence-corrected chi connectivity index (χ0v) is 16.5. The highest BCUT2D eigenvalue weighted by molar-refractivity contribution is 6.33. The zero-order valence-electron chi connectivity index (χ0n) is 15.8. The smallest absolute Gasteiger partial charge is 0.337 e. The van der Waals surface area contributed by atoms with Crippen LogP contribution in [-0.4, -0.2) is 42.9 Å². The van der Waals surface area contributed by atoms with E-state index in [2.05, 4.69) is 10.1 Å². The van der Waals surface area contributed by atoms with E-state index in [1.54, 1.807) is 4.90 Å². The maximum Gasteiger partial charge on any atom is 0.337 e. The molecule has 1 aliphatic rings. The van der Waals surface area contributed by atoms with Gasteiger partial charge in [-0.2, -0.15) is 0 Å². The van der Waals surface area contributed by atoms with E-state index in [1.165, 1.54) is 49.6 Å². The number of anilines is 1. The number of esters is 1. The minimum atomic E-state index is -0.536. The molecule has 1 N–H and O–H groups in total. The molecule has 1 heterocycles. The summed E-state index contributed by atoms with van der Waals surface area (Å²) in [6, 6.07) is 9.80. The molecule has 1 aliphatic heterocycles. The van der Waals surface area contributed by atoms with Crippen LogP contribution in [0, 0.1) is 11.7 Å². The van der Waals surface area contributed by atoms with Crippen LogP contribution >= 0.6 is 11.6 Å². The van der Waals surface area contributed by atoms with Gasteiger partial charge in [-0.15, -0.1) is 0 Å². The molecule has 0 aromatic heterocycles. The summed E-state index contributed by atoms with van der Waals surface area (Å²) in [5.41, 5.74) is 0.951. The molecule has 1 fully saturated rings. The Balaban J connectivity index is 1.69. The van der Waals surface area contributed by atoms with Crippen molar-refractivity contribution in [3.63, 3.8) is 0 Å². The molecule has 0 aliphatic carbocycles. The second kappa shape index (κ2) is 9.05. The lowest BCUT2D eigenvalue weighted by Crippen LogP contribution is -2.43. The first kappa shape index (κ1) is 20.8. The summed E-state index contributed by atoms with van der Waals surface area (Å²) in [5.74, 6) is -1.90. The van der Waals surface area contributed by atoms with E-state index >= 15 is 0 Å². The Hall–Kier alpha value is -2.93. The summed E-state index contributed by atoms with van der Waals surface area (Å²) < 4.78 is 17.8. The van der Waals surface area contributed by atoms with E-state index in [1.807, 2.05) is 0 Å². The lowest BCUT2D eigenvalue weighted by Gasteiger charge is -2.32. The van der Waals surface area contributed by atoms with Crippen LogP contribution in [0.2, 0.25) is 5.02 Å². The van der Waals surface area contributed by atoms with Gasteiger partial charge in [-0.1, -0.05) is 11.6 Å². The van der Waals surface area contributed by atoms with Gasteiger partial charge in [0, 0.05) is 18.7 Å². The standard InChI is InChI=1S/C21H20ClFN2O4/c1-29-21(28)14-6-9-17(22)18(11-14)24-19(26)15-3-2-10-25(12-15)20(27)13-4-7-16(23)8-5-13/h4-9,11,15H,2-3,10,12H2,1H3,(H,24,26). The second-order valence-electron chi connectivity index (χ2n) is 6.77. The summed E-state index contributed by atoms with van der Waals surface area (Å²) in [5, 5.41) is 3.03. The Morgan fingerprint density at radius 3 is 2.52 bits per heavy atom. The normalized spacial score (nSPS) is 16.2. The number of nitrogens with zero attached hydrogens (tertiary/aromatic N) is 1. The molecule has 0 spiro atoms. The maximum atomic E-state index is 13.1. The lowest BCUT2D eigenvalue weighted by atomic mass is 9.96. The van der Waals surface area contributed by atoms with Crippen LogP contribution < -0.4 is 5.32 Å². The van der Waals surface area contributed by atoms with Gasteiger partial charge in [-0.05, 0) is 55.3 Å². The fourth-order valence-corrected chi connectivity index (χ4v) is 3.42. The summed E-state index contributed by atoms with van der Waals surface area (Å²) in [6.45, 7) is 0.773. The van der Waals surface area contributed by atoms with Crippen LogP contribution in [0.1, 0.15) is 33.6 Å². The largest absolute Gasteiger partial charge is 0.465 e. The number of nitrogens with one attached hydrogen (secondary N) is 1. The summed E-state index contributed by atoms with van der Waals surface area (Å²) >= 11 is 6.14. The number of hydrogen-bond acceptors (Lipinski definition) is 4. The van der Waals surface area contributed by atoms with Gasteiger partial charge in [0.1, 0.15) is 5.82 Å². The molecule has 3 rings (SSSR count). The summed E-state index contributed by atoms with van der Waals surface area (Å²) in [7, 11) is 1.27. The van der Waals surface area contributed by atoms with Crippen molar-refractivity contribution in [2.45, 2.75) is 12.8 Å². The molecule has 1 saturated heterocycles. The molecule has 6 nitrogen and oxygen atoms in total. The van der Waals surface area contributed by atoms with Crippen LogP contribution in [0.5, 0.6) is 0 Å². The van der Waals surface area contributed by atoms with Crippen LogP contribution in [0.25, 0.3) is 0 Å². The highest BCUT2D eigenvalue weighted by Gasteiger charge is 2.29. The monoisotopic (exact) mass is 418 g/mol. The Bertz CT molecular complexity index is 933. The Labute approximate surface area is 172 Å². The molecule has 2 aromatic rings. The maximum absolute atomic E-state index is 13.1. The molecule has 0 radical (unpaired) electrons.